The fraction of sp³-hybridized carbons (Fsp3) is 1.00. The second-order valence-corrected chi connectivity index (χ2v) is 3.47. The third kappa shape index (κ3) is 2.21. The van der Waals surface area contributed by atoms with E-state index in [0.29, 0.717) is 6.04 Å². The molecule has 0 aliphatic carbocycles. The zero-order valence-corrected chi connectivity index (χ0v) is 7.58. The molecule has 1 saturated heterocycles. The molecule has 1 heterocycles. The lowest BCUT2D eigenvalue weighted by Gasteiger charge is -2.27. The minimum atomic E-state index is -0.0406. The van der Waals surface area contributed by atoms with Crippen molar-refractivity contribution in [2.24, 2.45) is 0 Å². The molecule has 11 heavy (non-hydrogen) atoms. The zero-order valence-electron chi connectivity index (χ0n) is 7.58. The molecular weight excluding hydrogens is 137 g/mol. The second-order valence-electron chi connectivity index (χ2n) is 3.47. The molecular formula is C8H16BNO. The van der Waals surface area contributed by atoms with E-state index in [0.717, 1.165) is 12.8 Å². The Bertz CT molecular complexity index is 129. The molecule has 1 aliphatic heterocycles. The van der Waals surface area contributed by atoms with Crippen LogP contribution in [0.4, 0.5) is 0 Å². The molecule has 3 heteroatoms. The molecule has 0 N–H and O–H groups in total. The lowest BCUT2D eigenvalue weighted by Crippen LogP contribution is -2.37. The molecule has 62 valence electrons. The monoisotopic (exact) mass is 153 g/mol. The van der Waals surface area contributed by atoms with Gasteiger partial charge in [-0.15, -0.1) is 0 Å². The van der Waals surface area contributed by atoms with E-state index in [1.807, 2.05) is 0 Å². The van der Waals surface area contributed by atoms with Crippen molar-refractivity contribution >= 4 is 7.85 Å². The summed E-state index contributed by atoms with van der Waals surface area (Å²) in [6, 6.07) is 0.492. The summed E-state index contributed by atoms with van der Waals surface area (Å²) < 4.78 is 5.49. The van der Waals surface area contributed by atoms with Crippen molar-refractivity contribution < 1.29 is 4.74 Å². The van der Waals surface area contributed by atoms with Gasteiger partial charge in [0.1, 0.15) is 14.1 Å². The van der Waals surface area contributed by atoms with E-state index in [2.05, 4.69) is 25.8 Å². The summed E-state index contributed by atoms with van der Waals surface area (Å²) in [7, 11) is 7.69. The van der Waals surface area contributed by atoms with Crippen LogP contribution >= 0.6 is 0 Å². The van der Waals surface area contributed by atoms with E-state index in [1.54, 1.807) is 0 Å². The van der Waals surface area contributed by atoms with E-state index < -0.39 is 0 Å². The van der Waals surface area contributed by atoms with Gasteiger partial charge in [0.05, 0.1) is 0 Å². The summed E-state index contributed by atoms with van der Waals surface area (Å²) in [5, 5.41) is 0. The maximum Gasteiger partial charge on any atom is 0.109 e. The highest BCUT2D eigenvalue weighted by Gasteiger charge is 2.25. The summed E-state index contributed by atoms with van der Waals surface area (Å²) in [5.41, 5.74) is 0. The average molecular weight is 153 g/mol. The normalized spacial score (nSPS) is 32.1. The number of ether oxygens (including phenoxy) is 1. The third-order valence-electron chi connectivity index (χ3n) is 2.30. The van der Waals surface area contributed by atoms with Crippen LogP contribution in [0.5, 0.6) is 0 Å². The predicted octanol–water partition coefficient (Wildman–Crippen LogP) is 0.958. The molecule has 2 unspecified atom stereocenters. The molecule has 1 fully saturated rings. The van der Waals surface area contributed by atoms with Crippen LogP contribution in [-0.2, 0) is 4.74 Å². The van der Waals surface area contributed by atoms with Crippen molar-refractivity contribution in [3.63, 3.8) is 0 Å². The van der Waals surface area contributed by atoms with Gasteiger partial charge in [0.2, 0.25) is 0 Å². The summed E-state index contributed by atoms with van der Waals surface area (Å²) in [6.45, 7) is 4.32. The largest absolute Gasteiger partial charge is 0.370 e. The van der Waals surface area contributed by atoms with Crippen LogP contribution in [0.25, 0.3) is 0 Å². The van der Waals surface area contributed by atoms with Crippen LogP contribution in [0.3, 0.4) is 0 Å². The predicted molar refractivity (Wildman–Crippen MR) is 46.5 cm³/mol. The van der Waals surface area contributed by atoms with Gasteiger partial charge < -0.3 is 4.74 Å². The first-order valence-electron chi connectivity index (χ1n) is 4.24. The highest BCUT2D eigenvalue weighted by atomic mass is 16.5. The quantitative estimate of drug-likeness (QED) is 0.547. The Labute approximate surface area is 70.3 Å². The van der Waals surface area contributed by atoms with Crippen LogP contribution in [0.2, 0.25) is 0 Å². The lowest BCUT2D eigenvalue weighted by molar-refractivity contribution is -0.0321. The molecule has 2 nitrogen and oxygen atoms in total. The van der Waals surface area contributed by atoms with Gasteiger partial charge in [-0.1, -0.05) is 0 Å². The summed E-state index contributed by atoms with van der Waals surface area (Å²) in [4.78, 5) is 2.22. The Morgan fingerprint density at radius 3 is 2.45 bits per heavy atom. The van der Waals surface area contributed by atoms with Gasteiger partial charge in [0, 0.05) is 12.0 Å². The topological polar surface area (TPSA) is 12.5 Å². The maximum absolute atomic E-state index is 5.61. The third-order valence-corrected chi connectivity index (χ3v) is 2.30. The average Bonchev–Trinajstić information content (AvgIpc) is 2.34. The van der Waals surface area contributed by atoms with Crippen molar-refractivity contribution in [3.05, 3.63) is 0 Å². The number of rotatable bonds is 2. The van der Waals surface area contributed by atoms with Gasteiger partial charge >= 0.3 is 0 Å². The SMILES string of the molecule is [B]C1CCC(N(C)C(C)C)O1. The fourth-order valence-corrected chi connectivity index (χ4v) is 1.28. The number of hydrogen-bond donors (Lipinski definition) is 0. The molecule has 0 saturated carbocycles. The van der Waals surface area contributed by atoms with Gasteiger partial charge in [-0.3, -0.25) is 4.90 Å². The Morgan fingerprint density at radius 2 is 2.09 bits per heavy atom. The summed E-state index contributed by atoms with van der Waals surface area (Å²) >= 11 is 0. The lowest BCUT2D eigenvalue weighted by atomic mass is 9.98. The number of nitrogens with zero attached hydrogens (tertiary/aromatic N) is 1. The molecule has 0 aromatic heterocycles. The molecule has 0 amide bonds. The standard InChI is InChI=1S/C8H16BNO/c1-6(2)10(3)8-5-4-7(9)11-8/h6-8H,4-5H2,1-3H3. The molecule has 2 radical (unpaired) electrons. The van der Waals surface area contributed by atoms with Crippen molar-refractivity contribution in [2.75, 3.05) is 7.05 Å². The Morgan fingerprint density at radius 1 is 1.45 bits per heavy atom. The van der Waals surface area contributed by atoms with Crippen LogP contribution < -0.4 is 0 Å². The van der Waals surface area contributed by atoms with E-state index >= 15 is 0 Å². The Balaban J connectivity index is 2.36. The molecule has 1 aliphatic rings. The van der Waals surface area contributed by atoms with E-state index in [9.17, 15) is 0 Å². The summed E-state index contributed by atoms with van der Waals surface area (Å²) in [5.74, 6) is 0. The van der Waals surface area contributed by atoms with E-state index in [-0.39, 0.29) is 12.2 Å². The minimum absolute atomic E-state index is 0.0406. The zero-order chi connectivity index (χ0) is 8.43. The smallest absolute Gasteiger partial charge is 0.109 e. The first kappa shape index (κ1) is 9.08. The molecule has 0 spiro atoms. The first-order chi connectivity index (χ1) is 5.11. The van der Waals surface area contributed by atoms with Crippen LogP contribution in [0.1, 0.15) is 26.7 Å². The molecule has 1 rings (SSSR count). The first-order valence-corrected chi connectivity index (χ1v) is 4.24. The molecule has 2 atom stereocenters. The van der Waals surface area contributed by atoms with Crippen LogP contribution in [-0.4, -0.2) is 38.1 Å². The molecule has 0 aromatic carbocycles. The highest BCUT2D eigenvalue weighted by molar-refractivity contribution is 6.11. The van der Waals surface area contributed by atoms with Gasteiger partial charge in [-0.2, -0.15) is 0 Å². The molecule has 0 bridgehead atoms. The fourth-order valence-electron chi connectivity index (χ4n) is 1.28. The molecule has 0 aromatic rings. The van der Waals surface area contributed by atoms with Crippen molar-refractivity contribution in [2.45, 2.75) is 45.0 Å². The van der Waals surface area contributed by atoms with Gasteiger partial charge in [-0.05, 0) is 33.7 Å². The number of hydrogen-bond acceptors (Lipinski definition) is 2. The Kier molecular flexibility index (Phi) is 2.96. The maximum atomic E-state index is 5.61. The van der Waals surface area contributed by atoms with Gasteiger partial charge in [0.15, 0.2) is 0 Å². The summed E-state index contributed by atoms with van der Waals surface area (Å²) in [6.07, 6.45) is 2.29. The van der Waals surface area contributed by atoms with Gasteiger partial charge in [0.25, 0.3) is 0 Å². The van der Waals surface area contributed by atoms with Crippen LogP contribution in [0.15, 0.2) is 0 Å². The van der Waals surface area contributed by atoms with Crippen molar-refractivity contribution in [3.8, 4) is 0 Å². The van der Waals surface area contributed by atoms with Crippen LogP contribution in [0, 0.1) is 0 Å². The minimum Gasteiger partial charge on any atom is -0.370 e. The van der Waals surface area contributed by atoms with E-state index in [4.69, 9.17) is 12.6 Å². The van der Waals surface area contributed by atoms with Crippen molar-refractivity contribution in [1.82, 2.24) is 4.90 Å². The van der Waals surface area contributed by atoms with Gasteiger partial charge in [-0.25, -0.2) is 0 Å². The van der Waals surface area contributed by atoms with E-state index in [1.165, 1.54) is 0 Å². The Hall–Kier alpha value is -0.0151. The highest BCUT2D eigenvalue weighted by Crippen LogP contribution is 2.20. The van der Waals surface area contributed by atoms with Crippen molar-refractivity contribution in [1.29, 1.82) is 0 Å². The second kappa shape index (κ2) is 3.59.